The molecule has 2 aliphatic rings. The first-order valence-corrected chi connectivity index (χ1v) is 10.4. The molecule has 1 atom stereocenters. The van der Waals surface area contributed by atoms with Crippen molar-refractivity contribution in [1.82, 2.24) is 4.90 Å². The predicted octanol–water partition coefficient (Wildman–Crippen LogP) is 3.57. The van der Waals surface area contributed by atoms with Crippen molar-refractivity contribution in [3.63, 3.8) is 0 Å². The molecule has 2 aromatic rings. The summed E-state index contributed by atoms with van der Waals surface area (Å²) in [7, 11) is 3.17. The van der Waals surface area contributed by atoms with Crippen LogP contribution in [0.15, 0.2) is 36.4 Å². The maximum atomic E-state index is 13.2. The summed E-state index contributed by atoms with van der Waals surface area (Å²) in [6.45, 7) is 2.10. The minimum Gasteiger partial charge on any atom is -0.493 e. The summed E-state index contributed by atoms with van der Waals surface area (Å²) in [6, 6.07) is 9.81. The molecule has 2 aromatic carbocycles. The summed E-state index contributed by atoms with van der Waals surface area (Å²) in [5.74, 6) is 1.01. The predicted molar refractivity (Wildman–Crippen MR) is 112 cm³/mol. The van der Waals surface area contributed by atoms with Crippen molar-refractivity contribution in [1.29, 1.82) is 0 Å². The first-order valence-electron chi connectivity index (χ1n) is 10.4. The first kappa shape index (κ1) is 20.8. The number of aliphatic hydroxyl groups is 1. The lowest BCUT2D eigenvalue weighted by Crippen LogP contribution is -2.45. The highest BCUT2D eigenvalue weighted by Gasteiger charge is 2.36. The molecular formula is C24H28FNO4. The molecule has 1 aliphatic carbocycles. The second-order valence-electron chi connectivity index (χ2n) is 8.30. The topological polar surface area (TPSA) is 59.0 Å². The van der Waals surface area contributed by atoms with Crippen molar-refractivity contribution in [2.75, 3.05) is 33.9 Å². The zero-order valence-corrected chi connectivity index (χ0v) is 17.5. The summed E-state index contributed by atoms with van der Waals surface area (Å²) in [5, 5.41) is 11.0. The monoisotopic (exact) mass is 413 g/mol. The molecule has 0 radical (unpaired) electrons. The van der Waals surface area contributed by atoms with Crippen LogP contribution in [0.4, 0.5) is 4.39 Å². The number of hydrogen-bond acceptors (Lipinski definition) is 5. The molecule has 0 bridgehead atoms. The zero-order valence-electron chi connectivity index (χ0n) is 17.5. The van der Waals surface area contributed by atoms with E-state index in [-0.39, 0.29) is 17.5 Å². The number of aryl methyl sites for hydroxylation is 1. The largest absolute Gasteiger partial charge is 0.493 e. The van der Waals surface area contributed by atoms with E-state index < -0.39 is 5.60 Å². The Bertz CT molecular complexity index is 920. The van der Waals surface area contributed by atoms with Crippen molar-refractivity contribution in [3.05, 3.63) is 58.9 Å². The number of carbonyl (C=O) groups is 1. The van der Waals surface area contributed by atoms with E-state index in [4.69, 9.17) is 9.47 Å². The van der Waals surface area contributed by atoms with Gasteiger partial charge in [0.2, 0.25) is 0 Å². The number of Topliss-reactive ketones (excluding diaryl/α,β-unsaturated/α-hetero) is 1. The van der Waals surface area contributed by atoms with E-state index in [2.05, 4.69) is 4.90 Å². The van der Waals surface area contributed by atoms with Crippen LogP contribution in [0.25, 0.3) is 0 Å². The highest BCUT2D eigenvalue weighted by molar-refractivity contribution is 6.01. The Kier molecular flexibility index (Phi) is 5.80. The van der Waals surface area contributed by atoms with Gasteiger partial charge in [0.05, 0.1) is 19.8 Å². The molecule has 1 aliphatic heterocycles. The molecule has 5 nitrogen and oxygen atoms in total. The number of rotatable bonds is 5. The summed E-state index contributed by atoms with van der Waals surface area (Å²) in [4.78, 5) is 15.4. The molecule has 0 saturated carbocycles. The average molecular weight is 413 g/mol. The van der Waals surface area contributed by atoms with E-state index in [1.54, 1.807) is 32.4 Å². The lowest BCUT2D eigenvalue weighted by molar-refractivity contribution is -0.0283. The fourth-order valence-corrected chi connectivity index (χ4v) is 4.68. The summed E-state index contributed by atoms with van der Waals surface area (Å²) in [5.41, 5.74) is 1.56. The van der Waals surface area contributed by atoms with Gasteiger partial charge in [0.1, 0.15) is 5.82 Å². The lowest BCUT2D eigenvalue weighted by Gasteiger charge is -2.40. The number of nitrogens with zero attached hydrogens (tertiary/aromatic N) is 1. The number of ketones is 1. The fourth-order valence-electron chi connectivity index (χ4n) is 4.68. The molecule has 160 valence electrons. The SMILES string of the molecule is COc1cc2c(cc1OC)C(=O)C(CN1CCC(O)(c3ccc(F)cc3)CC1)CC2. The van der Waals surface area contributed by atoms with Crippen molar-refractivity contribution >= 4 is 5.78 Å². The normalized spacial score (nSPS) is 21.2. The molecule has 0 spiro atoms. The van der Waals surface area contributed by atoms with Crippen molar-refractivity contribution in [2.24, 2.45) is 5.92 Å². The minimum absolute atomic E-state index is 0.0624. The quantitative estimate of drug-likeness (QED) is 0.812. The van der Waals surface area contributed by atoms with Gasteiger partial charge in [-0.05, 0) is 61.1 Å². The van der Waals surface area contributed by atoms with Crippen LogP contribution in [-0.2, 0) is 12.0 Å². The zero-order chi connectivity index (χ0) is 21.3. The standard InChI is InChI=1S/C24H28FNO4/c1-29-21-13-16-3-4-17(23(27)20(16)14-22(21)30-2)15-26-11-9-24(28,10-12-26)18-5-7-19(25)8-6-18/h5-8,13-14,17,28H,3-4,9-12,15H2,1-2H3. The van der Waals surface area contributed by atoms with E-state index in [1.807, 2.05) is 6.07 Å². The molecule has 4 rings (SSSR count). The van der Waals surface area contributed by atoms with Gasteiger partial charge in [-0.3, -0.25) is 4.79 Å². The number of hydrogen-bond donors (Lipinski definition) is 1. The van der Waals surface area contributed by atoms with Gasteiger partial charge >= 0.3 is 0 Å². The van der Waals surface area contributed by atoms with Gasteiger partial charge in [-0.15, -0.1) is 0 Å². The van der Waals surface area contributed by atoms with E-state index in [0.29, 0.717) is 44.0 Å². The van der Waals surface area contributed by atoms with E-state index in [0.717, 1.165) is 29.5 Å². The minimum atomic E-state index is -0.933. The number of benzene rings is 2. The maximum Gasteiger partial charge on any atom is 0.167 e. The number of piperidine rings is 1. The molecule has 1 unspecified atom stereocenters. The Hall–Kier alpha value is -2.44. The van der Waals surface area contributed by atoms with Gasteiger partial charge < -0.3 is 19.5 Å². The van der Waals surface area contributed by atoms with Gasteiger partial charge in [-0.1, -0.05) is 12.1 Å². The number of likely N-dealkylation sites (tertiary alicyclic amines) is 1. The van der Waals surface area contributed by atoms with Gasteiger partial charge in [-0.25, -0.2) is 4.39 Å². The van der Waals surface area contributed by atoms with Crippen molar-refractivity contribution in [2.45, 2.75) is 31.3 Å². The molecule has 1 N–H and O–H groups in total. The highest BCUT2D eigenvalue weighted by atomic mass is 19.1. The third-order valence-electron chi connectivity index (χ3n) is 6.55. The number of fused-ring (bicyclic) bond motifs is 1. The highest BCUT2D eigenvalue weighted by Crippen LogP contribution is 2.37. The molecule has 0 aromatic heterocycles. The Labute approximate surface area is 176 Å². The maximum absolute atomic E-state index is 13.2. The Morgan fingerprint density at radius 3 is 2.37 bits per heavy atom. The van der Waals surface area contributed by atoms with Crippen molar-refractivity contribution in [3.8, 4) is 11.5 Å². The van der Waals surface area contributed by atoms with Crippen LogP contribution in [0, 0.1) is 11.7 Å². The van der Waals surface area contributed by atoms with Crippen LogP contribution in [0.3, 0.4) is 0 Å². The molecule has 1 saturated heterocycles. The molecule has 30 heavy (non-hydrogen) atoms. The Balaban J connectivity index is 1.41. The van der Waals surface area contributed by atoms with Gasteiger partial charge in [-0.2, -0.15) is 0 Å². The summed E-state index contributed by atoms with van der Waals surface area (Å²) in [6.07, 6.45) is 2.78. The second kappa shape index (κ2) is 8.36. The number of halogens is 1. The van der Waals surface area contributed by atoms with Crippen LogP contribution in [-0.4, -0.2) is 49.6 Å². The molecule has 1 heterocycles. The van der Waals surface area contributed by atoms with Crippen LogP contribution in [0.5, 0.6) is 11.5 Å². The number of ether oxygens (including phenoxy) is 2. The van der Waals surface area contributed by atoms with Crippen LogP contribution >= 0.6 is 0 Å². The van der Waals surface area contributed by atoms with Crippen LogP contribution < -0.4 is 9.47 Å². The summed E-state index contributed by atoms with van der Waals surface area (Å²) >= 11 is 0. The van der Waals surface area contributed by atoms with E-state index in [1.165, 1.54) is 12.1 Å². The molecular weight excluding hydrogens is 385 g/mol. The number of carbonyl (C=O) groups excluding carboxylic acids is 1. The third kappa shape index (κ3) is 3.94. The Morgan fingerprint density at radius 2 is 1.73 bits per heavy atom. The fraction of sp³-hybridized carbons (Fsp3) is 0.458. The second-order valence-corrected chi connectivity index (χ2v) is 8.30. The smallest absolute Gasteiger partial charge is 0.167 e. The Morgan fingerprint density at radius 1 is 1.10 bits per heavy atom. The number of methoxy groups -OCH3 is 2. The van der Waals surface area contributed by atoms with Gasteiger partial charge in [0, 0.05) is 31.1 Å². The van der Waals surface area contributed by atoms with Gasteiger partial charge in [0.25, 0.3) is 0 Å². The average Bonchev–Trinajstić information content (AvgIpc) is 2.77. The first-order chi connectivity index (χ1) is 14.4. The van der Waals surface area contributed by atoms with E-state index >= 15 is 0 Å². The molecule has 6 heteroatoms. The van der Waals surface area contributed by atoms with Crippen LogP contribution in [0.1, 0.15) is 40.7 Å². The molecule has 0 amide bonds. The third-order valence-corrected chi connectivity index (χ3v) is 6.55. The van der Waals surface area contributed by atoms with E-state index in [9.17, 15) is 14.3 Å². The summed E-state index contributed by atoms with van der Waals surface area (Å²) < 4.78 is 23.9. The van der Waals surface area contributed by atoms with Crippen molar-refractivity contribution < 1.29 is 23.8 Å². The molecule has 1 fully saturated rings. The lowest BCUT2D eigenvalue weighted by atomic mass is 9.80. The van der Waals surface area contributed by atoms with Gasteiger partial charge in [0.15, 0.2) is 17.3 Å². The van der Waals surface area contributed by atoms with Crippen LogP contribution in [0.2, 0.25) is 0 Å².